The Hall–Kier alpha value is -1.10. The molecule has 112 valence electrons. The molecule has 2 heterocycles. The maximum Gasteiger partial charge on any atom is 0.235 e. The van der Waals surface area contributed by atoms with Gasteiger partial charge >= 0.3 is 0 Å². The molecule has 0 saturated carbocycles. The predicted octanol–water partition coefficient (Wildman–Crippen LogP) is 3.62. The average molecular weight is 326 g/mol. The van der Waals surface area contributed by atoms with E-state index in [2.05, 4.69) is 15.3 Å². The first kappa shape index (κ1) is 14.8. The molecule has 1 aromatic heterocycles. The van der Waals surface area contributed by atoms with Gasteiger partial charge < -0.3 is 10.1 Å². The minimum atomic E-state index is 0.512. The predicted molar refractivity (Wildman–Crippen MR) is 85.4 cm³/mol. The van der Waals surface area contributed by atoms with E-state index in [4.69, 9.17) is 27.9 Å². The number of nitrogens with one attached hydrogen (secondary N) is 1. The summed E-state index contributed by atoms with van der Waals surface area (Å²) in [6.07, 6.45) is 2.27. The summed E-state index contributed by atoms with van der Waals surface area (Å²) < 4.78 is 5.88. The van der Waals surface area contributed by atoms with Crippen LogP contribution in [0.15, 0.2) is 12.1 Å². The van der Waals surface area contributed by atoms with Gasteiger partial charge in [0.25, 0.3) is 0 Å². The normalized spacial score (nSPS) is 16.3. The van der Waals surface area contributed by atoms with Gasteiger partial charge in [0.2, 0.25) is 5.88 Å². The van der Waals surface area contributed by atoms with Crippen molar-refractivity contribution < 1.29 is 4.74 Å². The van der Waals surface area contributed by atoms with Crippen molar-refractivity contribution in [2.75, 3.05) is 19.7 Å². The number of rotatable bonds is 3. The number of hydrogen-bond donors (Lipinski definition) is 1. The fourth-order valence-corrected chi connectivity index (χ4v) is 3.06. The van der Waals surface area contributed by atoms with Crippen LogP contribution in [0.3, 0.4) is 0 Å². The first-order valence-electron chi connectivity index (χ1n) is 7.10. The number of benzene rings is 1. The Morgan fingerprint density at radius 1 is 1.24 bits per heavy atom. The first-order chi connectivity index (χ1) is 10.1. The van der Waals surface area contributed by atoms with E-state index in [9.17, 15) is 0 Å². The van der Waals surface area contributed by atoms with Gasteiger partial charge in [-0.15, -0.1) is 0 Å². The Bertz CT molecular complexity index is 657. The molecule has 1 aromatic carbocycles. The third-order valence-corrected chi connectivity index (χ3v) is 4.24. The molecule has 1 fully saturated rings. The molecule has 1 aliphatic rings. The molecule has 0 spiro atoms. The van der Waals surface area contributed by atoms with E-state index in [1.807, 2.05) is 6.92 Å². The zero-order valence-corrected chi connectivity index (χ0v) is 13.3. The zero-order valence-electron chi connectivity index (χ0n) is 11.8. The van der Waals surface area contributed by atoms with Crippen LogP contribution in [0, 0.1) is 12.8 Å². The summed E-state index contributed by atoms with van der Waals surface area (Å²) in [4.78, 5) is 9.00. The lowest BCUT2D eigenvalue weighted by Crippen LogP contribution is -2.30. The number of fused-ring (bicyclic) bond motifs is 1. The van der Waals surface area contributed by atoms with E-state index in [-0.39, 0.29) is 0 Å². The molecular formula is C15H17Cl2N3O. The van der Waals surface area contributed by atoms with Gasteiger partial charge in [-0.25, -0.2) is 9.97 Å². The number of piperidine rings is 1. The maximum absolute atomic E-state index is 6.15. The van der Waals surface area contributed by atoms with Crippen molar-refractivity contribution in [3.8, 4) is 5.88 Å². The zero-order chi connectivity index (χ0) is 14.8. The third-order valence-electron chi connectivity index (χ3n) is 3.73. The van der Waals surface area contributed by atoms with Crippen molar-refractivity contribution in [2.45, 2.75) is 19.8 Å². The van der Waals surface area contributed by atoms with Gasteiger partial charge in [-0.05, 0) is 50.9 Å². The number of ether oxygens (including phenoxy) is 1. The molecule has 6 heteroatoms. The Labute approximate surface area is 133 Å². The van der Waals surface area contributed by atoms with E-state index in [1.165, 1.54) is 0 Å². The summed E-state index contributed by atoms with van der Waals surface area (Å²) in [6.45, 7) is 4.68. The second-order valence-corrected chi connectivity index (χ2v) is 6.22. The highest BCUT2D eigenvalue weighted by Gasteiger charge is 2.16. The lowest BCUT2D eigenvalue weighted by atomic mass is 9.99. The highest BCUT2D eigenvalue weighted by Crippen LogP contribution is 2.28. The van der Waals surface area contributed by atoms with Crippen LogP contribution in [0.25, 0.3) is 11.0 Å². The molecule has 4 nitrogen and oxygen atoms in total. The topological polar surface area (TPSA) is 47.0 Å². The van der Waals surface area contributed by atoms with Crippen molar-refractivity contribution in [3.63, 3.8) is 0 Å². The summed E-state index contributed by atoms with van der Waals surface area (Å²) >= 11 is 12.2. The smallest absolute Gasteiger partial charge is 0.235 e. The number of aryl methyl sites for hydroxylation is 1. The average Bonchev–Trinajstić information content (AvgIpc) is 2.47. The Balaban J connectivity index is 1.83. The van der Waals surface area contributed by atoms with Crippen LogP contribution >= 0.6 is 23.2 Å². The lowest BCUT2D eigenvalue weighted by Gasteiger charge is -2.22. The van der Waals surface area contributed by atoms with E-state index >= 15 is 0 Å². The lowest BCUT2D eigenvalue weighted by molar-refractivity contribution is 0.207. The monoisotopic (exact) mass is 325 g/mol. The first-order valence-corrected chi connectivity index (χ1v) is 7.86. The van der Waals surface area contributed by atoms with Crippen molar-refractivity contribution in [1.29, 1.82) is 0 Å². The largest absolute Gasteiger partial charge is 0.476 e. The van der Waals surface area contributed by atoms with Crippen LogP contribution in [0.5, 0.6) is 5.88 Å². The summed E-state index contributed by atoms with van der Waals surface area (Å²) in [5, 5.41) is 4.41. The van der Waals surface area contributed by atoms with Crippen LogP contribution < -0.4 is 10.1 Å². The molecule has 1 N–H and O–H groups in total. The van der Waals surface area contributed by atoms with Crippen LogP contribution in [0.2, 0.25) is 10.0 Å². The summed E-state index contributed by atoms with van der Waals surface area (Å²) in [7, 11) is 0. The van der Waals surface area contributed by atoms with E-state index in [1.54, 1.807) is 12.1 Å². The fourth-order valence-electron chi connectivity index (χ4n) is 2.54. The molecule has 2 aromatic rings. The van der Waals surface area contributed by atoms with E-state index in [0.29, 0.717) is 39.5 Å². The molecule has 3 rings (SSSR count). The Morgan fingerprint density at radius 3 is 2.76 bits per heavy atom. The Kier molecular flexibility index (Phi) is 4.48. The highest BCUT2D eigenvalue weighted by molar-refractivity contribution is 6.38. The van der Waals surface area contributed by atoms with E-state index < -0.39 is 0 Å². The van der Waals surface area contributed by atoms with Crippen LogP contribution in [-0.4, -0.2) is 29.7 Å². The fraction of sp³-hybridized carbons (Fsp3) is 0.467. The van der Waals surface area contributed by atoms with Gasteiger partial charge in [0, 0.05) is 5.02 Å². The molecule has 1 aliphatic heterocycles. The molecule has 0 atom stereocenters. The van der Waals surface area contributed by atoms with Crippen molar-refractivity contribution in [1.82, 2.24) is 15.3 Å². The van der Waals surface area contributed by atoms with Gasteiger partial charge in [-0.1, -0.05) is 23.2 Å². The minimum absolute atomic E-state index is 0.512. The van der Waals surface area contributed by atoms with Crippen LogP contribution in [0.4, 0.5) is 0 Å². The molecule has 0 bridgehead atoms. The van der Waals surface area contributed by atoms with Crippen LogP contribution in [0.1, 0.15) is 18.5 Å². The highest BCUT2D eigenvalue weighted by atomic mass is 35.5. The number of nitrogens with zero attached hydrogens (tertiary/aromatic N) is 2. The summed E-state index contributed by atoms with van der Waals surface area (Å²) in [6, 6.07) is 3.43. The van der Waals surface area contributed by atoms with Gasteiger partial charge in [0.15, 0.2) is 0 Å². The summed E-state index contributed by atoms with van der Waals surface area (Å²) in [5.74, 6) is 1.14. The number of hydrogen-bond acceptors (Lipinski definition) is 4. The van der Waals surface area contributed by atoms with Crippen molar-refractivity contribution in [2.24, 2.45) is 5.92 Å². The second kappa shape index (κ2) is 6.34. The summed E-state index contributed by atoms with van der Waals surface area (Å²) in [5.41, 5.74) is 2.08. The van der Waals surface area contributed by atoms with Crippen molar-refractivity contribution >= 4 is 34.2 Å². The molecular weight excluding hydrogens is 309 g/mol. The standard InChI is InChI=1S/C15H17Cl2N3O/c1-9-15(21-8-10-2-4-18-5-3-10)20-13-7-11(16)6-12(17)14(13)19-9/h6-7,10,18H,2-5,8H2,1H3. The SMILES string of the molecule is Cc1nc2c(Cl)cc(Cl)cc2nc1OCC1CCNCC1. The van der Waals surface area contributed by atoms with Gasteiger partial charge in [0.05, 0.1) is 17.1 Å². The molecule has 0 radical (unpaired) electrons. The molecule has 0 unspecified atom stereocenters. The number of halogens is 2. The molecule has 21 heavy (non-hydrogen) atoms. The van der Waals surface area contributed by atoms with Gasteiger partial charge in [0.1, 0.15) is 11.2 Å². The van der Waals surface area contributed by atoms with Gasteiger partial charge in [-0.3, -0.25) is 0 Å². The van der Waals surface area contributed by atoms with Crippen molar-refractivity contribution in [3.05, 3.63) is 27.9 Å². The van der Waals surface area contributed by atoms with E-state index in [0.717, 1.165) is 31.6 Å². The quantitative estimate of drug-likeness (QED) is 0.936. The molecule has 1 saturated heterocycles. The second-order valence-electron chi connectivity index (χ2n) is 5.37. The van der Waals surface area contributed by atoms with Crippen LogP contribution in [-0.2, 0) is 0 Å². The maximum atomic E-state index is 6.15. The molecule has 0 amide bonds. The minimum Gasteiger partial charge on any atom is -0.476 e. The Morgan fingerprint density at radius 2 is 2.00 bits per heavy atom. The van der Waals surface area contributed by atoms with Gasteiger partial charge in [-0.2, -0.15) is 0 Å². The molecule has 0 aliphatic carbocycles. The number of aromatic nitrogens is 2. The third kappa shape index (κ3) is 3.39.